The lowest BCUT2D eigenvalue weighted by atomic mass is 9.86. The van der Waals surface area contributed by atoms with E-state index in [1.165, 1.54) is 12.1 Å². The smallest absolute Gasteiger partial charge is 0.420 e. The molecule has 3 rings (SSSR count). The average molecular weight is 544 g/mol. The van der Waals surface area contributed by atoms with Gasteiger partial charge in [-0.2, -0.15) is 26.3 Å². The standard InChI is InChI=1S/C24H18F6N2O6/c1-22(2,3)16-12-15(37-20-7-4-13(31(33)34)10-17(20)23(25,26)27)6-9-19(16)38-21-8-5-14(32(35)36)11-18(21)24(28,29)30/h4-12H,1-3H3. The molecule has 14 heteroatoms. The summed E-state index contributed by atoms with van der Waals surface area (Å²) in [5.41, 5.74) is -4.98. The van der Waals surface area contributed by atoms with Crippen LogP contribution in [0.2, 0.25) is 0 Å². The van der Waals surface area contributed by atoms with Gasteiger partial charge in [0.15, 0.2) is 0 Å². The number of alkyl halides is 6. The fourth-order valence-electron chi connectivity index (χ4n) is 3.38. The van der Waals surface area contributed by atoms with E-state index in [0.717, 1.165) is 30.3 Å². The lowest BCUT2D eigenvalue weighted by Crippen LogP contribution is -2.14. The highest BCUT2D eigenvalue weighted by Crippen LogP contribution is 2.44. The van der Waals surface area contributed by atoms with Crippen molar-refractivity contribution in [2.75, 3.05) is 0 Å². The summed E-state index contributed by atoms with van der Waals surface area (Å²) in [5, 5.41) is 21.9. The van der Waals surface area contributed by atoms with Gasteiger partial charge in [0.1, 0.15) is 34.1 Å². The number of rotatable bonds is 6. The third-order valence-electron chi connectivity index (χ3n) is 5.17. The highest BCUT2D eigenvalue weighted by atomic mass is 19.4. The number of hydrogen-bond acceptors (Lipinski definition) is 6. The quantitative estimate of drug-likeness (QED) is 0.175. The molecule has 0 unspecified atom stereocenters. The van der Waals surface area contributed by atoms with E-state index in [1.807, 2.05) is 0 Å². The summed E-state index contributed by atoms with van der Waals surface area (Å²) in [6.07, 6.45) is -9.97. The Hall–Kier alpha value is -4.36. The zero-order valence-corrected chi connectivity index (χ0v) is 19.8. The van der Waals surface area contributed by atoms with Crippen molar-refractivity contribution in [1.82, 2.24) is 0 Å². The maximum absolute atomic E-state index is 13.6. The lowest BCUT2D eigenvalue weighted by molar-refractivity contribution is -0.385. The van der Waals surface area contributed by atoms with Crippen molar-refractivity contribution in [1.29, 1.82) is 0 Å². The molecule has 0 atom stereocenters. The predicted octanol–water partition coefficient (Wildman–Crippen LogP) is 8.42. The molecule has 0 fully saturated rings. The summed E-state index contributed by atoms with van der Waals surface area (Å²) in [6.45, 7) is 4.98. The third kappa shape index (κ3) is 6.30. The first kappa shape index (κ1) is 28.2. The SMILES string of the molecule is CC(C)(C)c1cc(Oc2ccc([N+](=O)[O-])cc2C(F)(F)F)ccc1Oc1ccc([N+](=O)[O-])cc1C(F)(F)F. The topological polar surface area (TPSA) is 105 Å². The number of hydrogen-bond donors (Lipinski definition) is 0. The van der Waals surface area contributed by atoms with Gasteiger partial charge in [0.2, 0.25) is 0 Å². The van der Waals surface area contributed by atoms with Gasteiger partial charge in [-0.1, -0.05) is 20.8 Å². The molecule has 0 radical (unpaired) electrons. The minimum atomic E-state index is -4.99. The van der Waals surface area contributed by atoms with Crippen molar-refractivity contribution in [2.45, 2.75) is 38.5 Å². The largest absolute Gasteiger partial charge is 0.457 e. The third-order valence-corrected chi connectivity index (χ3v) is 5.17. The number of nitrogens with zero attached hydrogens (tertiary/aromatic N) is 2. The fourth-order valence-corrected chi connectivity index (χ4v) is 3.38. The minimum Gasteiger partial charge on any atom is -0.457 e. The normalized spacial score (nSPS) is 12.2. The van der Waals surface area contributed by atoms with E-state index >= 15 is 0 Å². The van der Waals surface area contributed by atoms with Gasteiger partial charge in [0.25, 0.3) is 11.4 Å². The van der Waals surface area contributed by atoms with Gasteiger partial charge in [-0.05, 0) is 35.7 Å². The molecule has 0 amide bonds. The van der Waals surface area contributed by atoms with Gasteiger partial charge in [0.05, 0.1) is 9.85 Å². The van der Waals surface area contributed by atoms with Gasteiger partial charge < -0.3 is 9.47 Å². The van der Waals surface area contributed by atoms with E-state index in [4.69, 9.17) is 9.47 Å². The molecule has 0 saturated carbocycles. The van der Waals surface area contributed by atoms with Crippen molar-refractivity contribution in [3.8, 4) is 23.0 Å². The van der Waals surface area contributed by atoms with Crippen LogP contribution in [0.4, 0.5) is 37.7 Å². The Labute approximate surface area is 210 Å². The molecule has 0 aliphatic carbocycles. The van der Waals surface area contributed by atoms with Gasteiger partial charge >= 0.3 is 12.4 Å². The Balaban J connectivity index is 2.07. The highest BCUT2D eigenvalue weighted by Gasteiger charge is 2.38. The van der Waals surface area contributed by atoms with Crippen molar-refractivity contribution >= 4 is 11.4 Å². The minimum absolute atomic E-state index is 0.107. The molecule has 0 aliphatic rings. The summed E-state index contributed by atoms with van der Waals surface area (Å²) in [6, 6.07) is 7.49. The van der Waals surface area contributed by atoms with Crippen LogP contribution >= 0.6 is 0 Å². The number of benzene rings is 3. The van der Waals surface area contributed by atoms with E-state index in [0.29, 0.717) is 12.1 Å². The van der Waals surface area contributed by atoms with Crippen molar-refractivity contribution in [3.63, 3.8) is 0 Å². The van der Waals surface area contributed by atoms with E-state index in [1.54, 1.807) is 20.8 Å². The summed E-state index contributed by atoms with van der Waals surface area (Å²) < 4.78 is 92.2. The summed E-state index contributed by atoms with van der Waals surface area (Å²) in [4.78, 5) is 19.9. The maximum atomic E-state index is 13.6. The predicted molar refractivity (Wildman–Crippen MR) is 121 cm³/mol. The van der Waals surface area contributed by atoms with Gasteiger partial charge in [-0.3, -0.25) is 20.2 Å². The summed E-state index contributed by atoms with van der Waals surface area (Å²) in [5.74, 6) is -1.71. The Morgan fingerprint density at radius 2 is 1.00 bits per heavy atom. The van der Waals surface area contributed by atoms with Crippen LogP contribution in [0.3, 0.4) is 0 Å². The zero-order chi connectivity index (χ0) is 28.6. The molecule has 3 aromatic carbocycles. The van der Waals surface area contributed by atoms with Crippen LogP contribution < -0.4 is 9.47 Å². The van der Waals surface area contributed by atoms with Crippen molar-refractivity contribution in [3.05, 3.63) is 91.5 Å². The van der Waals surface area contributed by atoms with Crippen LogP contribution in [-0.4, -0.2) is 9.85 Å². The molecule has 202 valence electrons. The van der Waals surface area contributed by atoms with Gasteiger partial charge in [-0.15, -0.1) is 0 Å². The number of halogens is 6. The van der Waals surface area contributed by atoms with E-state index in [2.05, 4.69) is 0 Å². The molecule has 0 saturated heterocycles. The number of nitro benzene ring substituents is 2. The first-order valence-corrected chi connectivity index (χ1v) is 10.6. The molecule has 3 aromatic rings. The summed E-state index contributed by atoms with van der Waals surface area (Å²) >= 11 is 0. The van der Waals surface area contributed by atoms with E-state index in [-0.39, 0.29) is 17.1 Å². The van der Waals surface area contributed by atoms with E-state index < -0.39 is 61.6 Å². The molecule has 0 heterocycles. The van der Waals surface area contributed by atoms with Gasteiger partial charge in [0, 0.05) is 29.8 Å². The van der Waals surface area contributed by atoms with Crippen LogP contribution in [0.1, 0.15) is 37.5 Å². The number of nitro groups is 2. The van der Waals surface area contributed by atoms with Crippen LogP contribution in [0.5, 0.6) is 23.0 Å². The van der Waals surface area contributed by atoms with Crippen LogP contribution in [0, 0.1) is 20.2 Å². The molecular formula is C24H18F6N2O6. The molecule has 0 bridgehead atoms. The fraction of sp³-hybridized carbons (Fsp3) is 0.250. The van der Waals surface area contributed by atoms with Crippen LogP contribution in [0.15, 0.2) is 54.6 Å². The molecule has 38 heavy (non-hydrogen) atoms. The average Bonchev–Trinajstić information content (AvgIpc) is 2.78. The first-order chi connectivity index (χ1) is 17.4. The molecule has 0 aliphatic heterocycles. The van der Waals surface area contributed by atoms with E-state index in [9.17, 15) is 46.6 Å². The monoisotopic (exact) mass is 544 g/mol. The molecule has 0 aromatic heterocycles. The van der Waals surface area contributed by atoms with Crippen molar-refractivity contribution < 1.29 is 45.7 Å². The summed E-state index contributed by atoms with van der Waals surface area (Å²) in [7, 11) is 0. The van der Waals surface area contributed by atoms with Crippen LogP contribution in [0.25, 0.3) is 0 Å². The highest BCUT2D eigenvalue weighted by molar-refractivity contribution is 5.52. The number of ether oxygens (including phenoxy) is 2. The van der Waals surface area contributed by atoms with Gasteiger partial charge in [-0.25, -0.2) is 0 Å². The zero-order valence-electron chi connectivity index (χ0n) is 19.8. The molecule has 8 nitrogen and oxygen atoms in total. The Kier molecular flexibility index (Phi) is 7.30. The maximum Gasteiger partial charge on any atom is 0.420 e. The molecule has 0 spiro atoms. The van der Waals surface area contributed by atoms with Crippen LogP contribution in [-0.2, 0) is 17.8 Å². The Bertz CT molecular complexity index is 1400. The second-order valence-corrected chi connectivity index (χ2v) is 8.98. The molecule has 0 N–H and O–H groups in total. The lowest BCUT2D eigenvalue weighted by Gasteiger charge is -2.24. The number of non-ortho nitro benzene ring substituents is 2. The molecular weight excluding hydrogens is 526 g/mol. The second-order valence-electron chi connectivity index (χ2n) is 8.98. The Morgan fingerprint density at radius 1 is 0.605 bits per heavy atom. The second kappa shape index (κ2) is 9.84. The van der Waals surface area contributed by atoms with Crippen molar-refractivity contribution in [2.24, 2.45) is 0 Å². The first-order valence-electron chi connectivity index (χ1n) is 10.6. The Morgan fingerprint density at radius 3 is 1.39 bits per heavy atom.